The largest absolute Gasteiger partial charge is 0.472 e. The monoisotopic (exact) mass is 1320 g/mol. The van der Waals surface area contributed by atoms with Crippen LogP contribution in [-0.2, 0) is 65.4 Å². The number of rotatable bonds is 70. The molecule has 0 spiro atoms. The average Bonchev–Trinajstić information content (AvgIpc) is 3.55. The lowest BCUT2D eigenvalue weighted by atomic mass is 10.0. The molecule has 0 aliphatic heterocycles. The van der Waals surface area contributed by atoms with Gasteiger partial charge in [0.25, 0.3) is 0 Å². The molecule has 17 nitrogen and oxygen atoms in total. The Morgan fingerprint density at radius 3 is 0.756 bits per heavy atom. The maximum Gasteiger partial charge on any atom is 0.472 e. The normalized spacial score (nSPS) is 14.1. The Morgan fingerprint density at radius 1 is 0.300 bits per heavy atom. The molecule has 0 amide bonds. The predicted octanol–water partition coefficient (Wildman–Crippen LogP) is 20.4. The van der Waals surface area contributed by atoms with E-state index in [1.165, 1.54) is 173 Å². The molecule has 5 atom stereocenters. The summed E-state index contributed by atoms with van der Waals surface area (Å²) in [6.45, 7) is 9.47. The highest BCUT2D eigenvalue weighted by molar-refractivity contribution is 7.47. The molecule has 0 aromatic heterocycles. The smallest absolute Gasteiger partial charge is 0.462 e. The maximum atomic E-state index is 13.0. The standard InChI is InChI=1S/C71H138O17P2/c1-7-9-11-13-15-17-18-19-21-25-28-31-35-42-48-54-69(74)82-59-66(87-70(75)55-49-43-36-32-29-26-23-20-22-24-27-30-33-39-45-51-63(3)4)61-85-89(77,78)83-57-65(72)58-84-90(79,80)86-62-67(60-81-68(73)53-47-41-34-16-14-12-10-8-2)88-71(76)56-50-44-38-37-40-46-52-64(5)6/h63-67,72H,7-62H2,1-6H3,(H,77,78)(H,79,80)/t65-,66-,67-/m1/s1. The maximum absolute atomic E-state index is 13.0. The van der Waals surface area contributed by atoms with Crippen molar-refractivity contribution in [3.63, 3.8) is 0 Å². The topological polar surface area (TPSA) is 237 Å². The minimum absolute atomic E-state index is 0.102. The summed E-state index contributed by atoms with van der Waals surface area (Å²) in [7, 11) is -9.90. The summed E-state index contributed by atoms with van der Waals surface area (Å²) in [6, 6.07) is 0. The molecule has 0 rings (SSSR count). The van der Waals surface area contributed by atoms with E-state index in [1.54, 1.807) is 0 Å². The third kappa shape index (κ3) is 64.8. The van der Waals surface area contributed by atoms with Crippen molar-refractivity contribution < 1.29 is 80.2 Å². The number of aliphatic hydroxyl groups is 1. The van der Waals surface area contributed by atoms with Crippen LogP contribution >= 0.6 is 15.6 Å². The summed E-state index contributed by atoms with van der Waals surface area (Å²) in [6.07, 6.45) is 48.8. The highest BCUT2D eigenvalue weighted by atomic mass is 31.2. The summed E-state index contributed by atoms with van der Waals surface area (Å²) in [5.74, 6) is -0.657. The summed E-state index contributed by atoms with van der Waals surface area (Å²) in [5, 5.41) is 10.6. The SMILES string of the molecule is CCCCCCCCCCCCCCCCCC(=O)OC[C@H](COP(=O)(O)OC[C@@H](O)COP(=O)(O)OC[C@@H](COC(=O)CCCCCCCCCC)OC(=O)CCCCCCCCC(C)C)OC(=O)CCCCCCCCCCCCCCCCCC(C)C. The zero-order valence-electron chi connectivity index (χ0n) is 58.4. The number of phosphoric ester groups is 2. The molecule has 0 heterocycles. The summed E-state index contributed by atoms with van der Waals surface area (Å²) >= 11 is 0. The van der Waals surface area contributed by atoms with Crippen molar-refractivity contribution in [1.82, 2.24) is 0 Å². The van der Waals surface area contributed by atoms with Crippen LogP contribution < -0.4 is 0 Å². The van der Waals surface area contributed by atoms with Gasteiger partial charge in [0.05, 0.1) is 26.4 Å². The lowest BCUT2D eigenvalue weighted by Crippen LogP contribution is -2.30. The Hall–Kier alpha value is -1.94. The van der Waals surface area contributed by atoms with Crippen molar-refractivity contribution in [1.29, 1.82) is 0 Å². The lowest BCUT2D eigenvalue weighted by Gasteiger charge is -2.21. The molecule has 0 aromatic carbocycles. The van der Waals surface area contributed by atoms with Gasteiger partial charge >= 0.3 is 39.5 Å². The number of esters is 4. The molecule has 90 heavy (non-hydrogen) atoms. The van der Waals surface area contributed by atoms with Crippen molar-refractivity contribution in [3.05, 3.63) is 0 Å². The van der Waals surface area contributed by atoms with Crippen molar-refractivity contribution in [2.45, 2.75) is 381 Å². The lowest BCUT2D eigenvalue weighted by molar-refractivity contribution is -0.161. The Kier molecular flexibility index (Phi) is 61.8. The van der Waals surface area contributed by atoms with Gasteiger partial charge in [0.1, 0.15) is 19.3 Å². The van der Waals surface area contributed by atoms with Crippen LogP contribution in [0.1, 0.15) is 363 Å². The molecule has 0 bridgehead atoms. The van der Waals surface area contributed by atoms with E-state index in [9.17, 15) is 43.2 Å². The second-order valence-corrected chi connectivity index (χ2v) is 29.5. The number of hydrogen-bond donors (Lipinski definition) is 3. The first kappa shape index (κ1) is 88.1. The van der Waals surface area contributed by atoms with Gasteiger partial charge in [-0.3, -0.25) is 37.3 Å². The highest BCUT2D eigenvalue weighted by Crippen LogP contribution is 2.45. The molecule has 0 fully saturated rings. The van der Waals surface area contributed by atoms with Crippen molar-refractivity contribution in [3.8, 4) is 0 Å². The molecule has 19 heteroatoms. The van der Waals surface area contributed by atoms with Gasteiger partial charge in [-0.05, 0) is 37.5 Å². The number of carbonyl (C=O) groups is 4. The van der Waals surface area contributed by atoms with Gasteiger partial charge in [-0.15, -0.1) is 0 Å². The highest BCUT2D eigenvalue weighted by Gasteiger charge is 2.30. The summed E-state index contributed by atoms with van der Waals surface area (Å²) < 4.78 is 68.2. The van der Waals surface area contributed by atoms with Gasteiger partial charge in [-0.2, -0.15) is 0 Å². The number of hydrogen-bond acceptors (Lipinski definition) is 15. The molecule has 0 saturated heterocycles. The zero-order chi connectivity index (χ0) is 66.5. The number of carbonyl (C=O) groups excluding carboxylic acids is 4. The molecule has 2 unspecified atom stereocenters. The fourth-order valence-corrected chi connectivity index (χ4v) is 12.3. The van der Waals surface area contributed by atoms with Crippen LogP contribution in [0, 0.1) is 11.8 Å². The summed E-state index contributed by atoms with van der Waals surface area (Å²) in [5.41, 5.74) is 0. The molecular formula is C71H138O17P2. The first-order chi connectivity index (χ1) is 43.4. The van der Waals surface area contributed by atoms with Crippen LogP contribution in [0.3, 0.4) is 0 Å². The van der Waals surface area contributed by atoms with Gasteiger partial charge in [0.2, 0.25) is 0 Å². The quantitative estimate of drug-likeness (QED) is 0.0222. The van der Waals surface area contributed by atoms with Crippen LogP contribution in [0.15, 0.2) is 0 Å². The van der Waals surface area contributed by atoms with E-state index in [0.717, 1.165) is 102 Å². The summed E-state index contributed by atoms with van der Waals surface area (Å²) in [4.78, 5) is 72.4. The minimum atomic E-state index is -4.95. The first-order valence-electron chi connectivity index (χ1n) is 37.0. The van der Waals surface area contributed by atoms with Crippen LogP contribution in [0.5, 0.6) is 0 Å². The van der Waals surface area contributed by atoms with Crippen molar-refractivity contribution >= 4 is 39.5 Å². The zero-order valence-corrected chi connectivity index (χ0v) is 60.2. The Labute approximate surface area is 549 Å². The van der Waals surface area contributed by atoms with E-state index < -0.39 is 97.5 Å². The fourth-order valence-electron chi connectivity index (χ4n) is 10.8. The van der Waals surface area contributed by atoms with Crippen LogP contribution in [0.2, 0.25) is 0 Å². The molecule has 0 aliphatic rings. The van der Waals surface area contributed by atoms with Crippen molar-refractivity contribution in [2.75, 3.05) is 39.6 Å². The van der Waals surface area contributed by atoms with Gasteiger partial charge in [-0.1, -0.05) is 311 Å². The number of unbranched alkanes of at least 4 members (excludes halogenated alkanes) is 40. The van der Waals surface area contributed by atoms with Gasteiger partial charge in [-0.25, -0.2) is 9.13 Å². The predicted molar refractivity (Wildman–Crippen MR) is 363 cm³/mol. The van der Waals surface area contributed by atoms with E-state index in [2.05, 4.69) is 41.5 Å². The second-order valence-electron chi connectivity index (χ2n) is 26.6. The molecule has 0 aromatic rings. The van der Waals surface area contributed by atoms with Gasteiger partial charge < -0.3 is 33.8 Å². The Morgan fingerprint density at radius 2 is 0.511 bits per heavy atom. The van der Waals surface area contributed by atoms with Gasteiger partial charge in [0, 0.05) is 25.7 Å². The average molecular weight is 1330 g/mol. The Balaban J connectivity index is 5.19. The molecular weight excluding hydrogens is 1190 g/mol. The minimum Gasteiger partial charge on any atom is -0.462 e. The van der Waals surface area contributed by atoms with Crippen LogP contribution in [-0.4, -0.2) is 96.7 Å². The Bertz CT molecular complexity index is 1750. The van der Waals surface area contributed by atoms with E-state index in [0.29, 0.717) is 31.6 Å². The number of ether oxygens (including phenoxy) is 4. The van der Waals surface area contributed by atoms with Crippen LogP contribution in [0.4, 0.5) is 0 Å². The second kappa shape index (κ2) is 63.1. The molecule has 534 valence electrons. The molecule has 0 saturated carbocycles. The third-order valence-electron chi connectivity index (χ3n) is 16.5. The number of aliphatic hydroxyl groups excluding tert-OH is 1. The van der Waals surface area contributed by atoms with Crippen LogP contribution in [0.25, 0.3) is 0 Å². The third-order valence-corrected chi connectivity index (χ3v) is 18.4. The van der Waals surface area contributed by atoms with E-state index >= 15 is 0 Å². The molecule has 0 radical (unpaired) electrons. The van der Waals surface area contributed by atoms with E-state index in [1.807, 2.05) is 0 Å². The molecule has 0 aliphatic carbocycles. The molecule has 3 N–H and O–H groups in total. The first-order valence-corrected chi connectivity index (χ1v) is 40.0. The van der Waals surface area contributed by atoms with Gasteiger partial charge in [0.15, 0.2) is 12.2 Å². The van der Waals surface area contributed by atoms with E-state index in [4.69, 9.17) is 37.0 Å². The number of phosphoric acid groups is 2. The van der Waals surface area contributed by atoms with Crippen molar-refractivity contribution in [2.24, 2.45) is 11.8 Å². The fraction of sp³-hybridized carbons (Fsp3) is 0.944. The van der Waals surface area contributed by atoms with E-state index in [-0.39, 0.29) is 25.7 Å².